The smallest absolute Gasteiger partial charge is 0.0665 e. The van der Waals surface area contributed by atoms with Gasteiger partial charge in [0.05, 0.1) is 5.35 Å². The molecule has 0 radical (unpaired) electrons. The first-order valence-corrected chi connectivity index (χ1v) is 4.60. The third-order valence-corrected chi connectivity index (χ3v) is 2.04. The van der Waals surface area contributed by atoms with Gasteiger partial charge in [0.1, 0.15) is 0 Å². The van der Waals surface area contributed by atoms with E-state index in [4.69, 9.17) is 5.11 Å². The summed E-state index contributed by atoms with van der Waals surface area (Å²) in [4.78, 5) is 4.29. The van der Waals surface area contributed by atoms with Crippen LogP contribution >= 0.6 is 0 Å². The summed E-state index contributed by atoms with van der Waals surface area (Å²) in [5.41, 5.74) is 1.38. The van der Waals surface area contributed by atoms with Crippen LogP contribution in [-0.2, 0) is 0 Å². The van der Waals surface area contributed by atoms with Gasteiger partial charge in [-0.1, -0.05) is 29.9 Å². The fraction of sp³-hybridized carbons (Fsp3) is 0.250. The minimum absolute atomic E-state index is 1.00. The van der Waals surface area contributed by atoms with Crippen molar-refractivity contribution in [1.82, 2.24) is 4.98 Å². The second kappa shape index (κ2) is 5.35. The summed E-state index contributed by atoms with van der Waals surface area (Å²) < 4.78 is 0. The first-order chi connectivity index (χ1) is 6.86. The van der Waals surface area contributed by atoms with E-state index in [0.29, 0.717) is 0 Å². The van der Waals surface area contributed by atoms with Gasteiger partial charge in [0, 0.05) is 13.3 Å². The van der Waals surface area contributed by atoms with Crippen LogP contribution in [0.5, 0.6) is 0 Å². The van der Waals surface area contributed by atoms with Crippen LogP contribution in [0.25, 0.3) is 12.2 Å². The van der Waals surface area contributed by atoms with Crippen molar-refractivity contribution >= 4 is 12.2 Å². The molecule has 1 N–H and O–H groups in total. The molecular weight excluding hydrogens is 174 g/mol. The predicted octanol–water partition coefficient (Wildman–Crippen LogP) is 0.601. The number of fused-ring (bicyclic) bond motifs is 1. The van der Waals surface area contributed by atoms with E-state index in [1.54, 1.807) is 0 Å². The molecule has 74 valence electrons. The Hall–Kier alpha value is -1.41. The van der Waals surface area contributed by atoms with E-state index in [-0.39, 0.29) is 0 Å². The van der Waals surface area contributed by atoms with Gasteiger partial charge >= 0.3 is 0 Å². The maximum Gasteiger partial charge on any atom is 0.0665 e. The number of aliphatic hydroxyl groups is 1. The van der Waals surface area contributed by atoms with E-state index in [1.165, 1.54) is 10.8 Å². The van der Waals surface area contributed by atoms with Gasteiger partial charge < -0.3 is 5.11 Å². The summed E-state index contributed by atoms with van der Waals surface area (Å²) in [5, 5.41) is 9.32. The highest BCUT2D eigenvalue weighted by Crippen LogP contribution is 2.01. The van der Waals surface area contributed by atoms with Crippen molar-refractivity contribution in [3.05, 3.63) is 40.5 Å². The van der Waals surface area contributed by atoms with E-state index in [9.17, 15) is 0 Å². The number of nitrogens with zero attached hydrogens (tertiary/aromatic N) is 1. The summed E-state index contributed by atoms with van der Waals surface area (Å²) in [7, 11) is 1.00. The van der Waals surface area contributed by atoms with Gasteiger partial charge in [0.2, 0.25) is 0 Å². The Morgan fingerprint density at radius 2 is 2.07 bits per heavy atom. The van der Waals surface area contributed by atoms with Crippen molar-refractivity contribution in [2.24, 2.45) is 0 Å². The number of aromatic nitrogens is 1. The number of aliphatic hydroxyl groups excluding tert-OH is 1. The molecule has 1 aliphatic carbocycles. The summed E-state index contributed by atoms with van der Waals surface area (Å²) in [5.74, 6) is 0. The highest BCUT2D eigenvalue weighted by molar-refractivity contribution is 5.45. The van der Waals surface area contributed by atoms with Gasteiger partial charge in [-0.2, -0.15) is 0 Å². The Labute approximate surface area is 83.9 Å². The maximum atomic E-state index is 7.00. The Bertz CT molecular complexity index is 432. The summed E-state index contributed by atoms with van der Waals surface area (Å²) in [6.45, 7) is 2.14. The molecule has 0 saturated heterocycles. The molecule has 0 atom stereocenters. The van der Waals surface area contributed by atoms with Crippen molar-refractivity contribution in [3.8, 4) is 0 Å². The molecule has 0 bridgehead atoms. The molecule has 0 aliphatic heterocycles. The fourth-order valence-electron chi connectivity index (χ4n) is 1.30. The van der Waals surface area contributed by atoms with Gasteiger partial charge in [0.25, 0.3) is 0 Å². The number of hydrogen-bond donors (Lipinski definition) is 1. The SMILES string of the molecule is CC1=CC=c2cccnc2=CC1.CO. The van der Waals surface area contributed by atoms with Crippen LogP contribution in [-0.4, -0.2) is 17.2 Å². The molecule has 2 nitrogen and oxygen atoms in total. The molecule has 2 heteroatoms. The van der Waals surface area contributed by atoms with Crippen molar-refractivity contribution in [3.63, 3.8) is 0 Å². The largest absolute Gasteiger partial charge is 0.400 e. The van der Waals surface area contributed by atoms with Gasteiger partial charge in [-0.25, -0.2) is 0 Å². The van der Waals surface area contributed by atoms with Crippen LogP contribution in [0.2, 0.25) is 0 Å². The second-order valence-corrected chi connectivity index (χ2v) is 3.07. The lowest BCUT2D eigenvalue weighted by Crippen LogP contribution is -2.26. The molecule has 1 aromatic heterocycles. The van der Waals surface area contributed by atoms with E-state index in [0.717, 1.165) is 18.9 Å². The van der Waals surface area contributed by atoms with Crippen LogP contribution in [0.1, 0.15) is 13.3 Å². The van der Waals surface area contributed by atoms with E-state index in [2.05, 4.69) is 36.2 Å². The van der Waals surface area contributed by atoms with Crippen LogP contribution < -0.4 is 10.6 Å². The van der Waals surface area contributed by atoms with E-state index in [1.807, 2.05) is 12.3 Å². The Kier molecular flexibility index (Phi) is 4.08. The molecule has 0 saturated carbocycles. The van der Waals surface area contributed by atoms with Crippen molar-refractivity contribution in [1.29, 1.82) is 0 Å². The standard InChI is InChI=1S/C11H11N.CH4O/c1-9-4-6-10-3-2-8-12-11(10)7-5-9;1-2/h2-4,6-8H,5H2,1H3;2H,1H3. The quantitative estimate of drug-likeness (QED) is 0.648. The van der Waals surface area contributed by atoms with E-state index >= 15 is 0 Å². The molecule has 0 unspecified atom stereocenters. The van der Waals surface area contributed by atoms with Crippen molar-refractivity contribution < 1.29 is 5.11 Å². The highest BCUT2D eigenvalue weighted by Gasteiger charge is 1.91. The van der Waals surface area contributed by atoms with Crippen molar-refractivity contribution in [2.75, 3.05) is 7.11 Å². The minimum atomic E-state index is 1.00. The van der Waals surface area contributed by atoms with Crippen LogP contribution in [0.4, 0.5) is 0 Å². The minimum Gasteiger partial charge on any atom is -0.400 e. The zero-order valence-electron chi connectivity index (χ0n) is 8.57. The lowest BCUT2D eigenvalue weighted by atomic mass is 10.2. The van der Waals surface area contributed by atoms with Crippen LogP contribution in [0.3, 0.4) is 0 Å². The molecule has 0 fully saturated rings. The number of hydrogen-bond acceptors (Lipinski definition) is 2. The highest BCUT2D eigenvalue weighted by atomic mass is 16.2. The van der Waals surface area contributed by atoms with Gasteiger partial charge in [0.15, 0.2) is 0 Å². The molecule has 14 heavy (non-hydrogen) atoms. The maximum absolute atomic E-state index is 7.00. The number of rotatable bonds is 0. The average Bonchev–Trinajstić information content (AvgIpc) is 2.45. The average molecular weight is 189 g/mol. The van der Waals surface area contributed by atoms with Gasteiger partial charge in [-0.05, 0) is 24.6 Å². The van der Waals surface area contributed by atoms with Gasteiger partial charge in [-0.3, -0.25) is 4.98 Å². The molecule has 1 aliphatic rings. The van der Waals surface area contributed by atoms with Crippen molar-refractivity contribution in [2.45, 2.75) is 13.3 Å². The van der Waals surface area contributed by atoms with Crippen LogP contribution in [0.15, 0.2) is 30.0 Å². The normalized spacial score (nSPS) is 13.2. The lowest BCUT2D eigenvalue weighted by molar-refractivity contribution is 0.399. The topological polar surface area (TPSA) is 33.1 Å². The predicted molar refractivity (Wildman–Crippen MR) is 58.9 cm³/mol. The summed E-state index contributed by atoms with van der Waals surface area (Å²) >= 11 is 0. The fourth-order valence-corrected chi connectivity index (χ4v) is 1.30. The molecular formula is C12H15NO. The van der Waals surface area contributed by atoms with Crippen LogP contribution in [0, 0.1) is 0 Å². The summed E-state index contributed by atoms with van der Waals surface area (Å²) in [6.07, 6.45) is 9.31. The molecule has 0 spiro atoms. The summed E-state index contributed by atoms with van der Waals surface area (Å²) in [6, 6.07) is 4.06. The third-order valence-electron chi connectivity index (χ3n) is 2.04. The van der Waals surface area contributed by atoms with E-state index < -0.39 is 0 Å². The molecule has 0 aromatic carbocycles. The zero-order valence-corrected chi connectivity index (χ0v) is 8.57. The zero-order chi connectivity index (χ0) is 10.4. The second-order valence-electron chi connectivity index (χ2n) is 3.07. The third kappa shape index (κ3) is 2.54. The first-order valence-electron chi connectivity index (χ1n) is 4.60. The first kappa shape index (κ1) is 10.7. The molecule has 1 aromatic rings. The molecule has 2 rings (SSSR count). The molecule has 0 amide bonds. The number of pyridine rings is 1. The monoisotopic (exact) mass is 189 g/mol. The van der Waals surface area contributed by atoms with Gasteiger partial charge in [-0.15, -0.1) is 0 Å². The Morgan fingerprint density at radius 1 is 1.29 bits per heavy atom. The Morgan fingerprint density at radius 3 is 2.86 bits per heavy atom. The number of allylic oxidation sites excluding steroid dienone is 2. The Balaban J connectivity index is 0.000000461. The lowest BCUT2D eigenvalue weighted by Gasteiger charge is -1.88. The molecule has 1 heterocycles.